The zero-order valence-corrected chi connectivity index (χ0v) is 20.1. The number of nitrogens with one attached hydrogen (secondary N) is 4. The number of pyridine rings is 1. The van der Waals surface area contributed by atoms with Crippen LogP contribution in [-0.2, 0) is 11.3 Å². The molecule has 0 radical (unpaired) electrons. The number of halogens is 2. The van der Waals surface area contributed by atoms with Gasteiger partial charge in [-0.3, -0.25) is 10.1 Å². The zero-order chi connectivity index (χ0) is 25.8. The normalized spacial score (nSPS) is 17.3. The molecule has 37 heavy (non-hydrogen) atoms. The Balaban J connectivity index is 1.15. The number of hydrogen-bond donors (Lipinski definition) is 4. The fraction of sp³-hybridized carbons (Fsp3) is 0.304. The summed E-state index contributed by atoms with van der Waals surface area (Å²) in [4.78, 5) is 33.6. The Hall–Kier alpha value is -4.04. The molecule has 1 atom stereocenters. The van der Waals surface area contributed by atoms with Crippen molar-refractivity contribution in [3.63, 3.8) is 0 Å². The molecular formula is C23H22F2N6O5S. The molecule has 4 heterocycles. The van der Waals surface area contributed by atoms with E-state index >= 15 is 0 Å². The van der Waals surface area contributed by atoms with Crippen LogP contribution >= 0.6 is 11.3 Å². The van der Waals surface area contributed by atoms with Gasteiger partial charge in [-0.1, -0.05) is 0 Å². The lowest BCUT2D eigenvalue weighted by Crippen LogP contribution is -2.35. The molecule has 3 amide bonds. The quantitative estimate of drug-likeness (QED) is 0.342. The standard InChI is InChI=1S/C23H22F2N6O5S/c24-23(25)35-16-4-3-14(9-17(16)36-23)30-21(32)19-20(29-12-37-19)27-10-13-5-6-26-18(8-13)31-22(33)28-11-15-2-1-7-34-15/h3-6,8-9,12,15,27H,1-2,7,10-11H2,(H,30,32)(H2,26,28,31,33). The largest absolute Gasteiger partial charge is 0.586 e. The molecule has 0 aliphatic carbocycles. The number of fused-ring (bicyclic) bond motifs is 1. The Labute approximate surface area is 213 Å². The van der Waals surface area contributed by atoms with E-state index in [9.17, 15) is 18.4 Å². The fourth-order valence-corrected chi connectivity index (χ4v) is 4.42. The molecule has 1 fully saturated rings. The van der Waals surface area contributed by atoms with E-state index in [0.717, 1.165) is 29.7 Å². The predicted octanol–water partition coefficient (Wildman–Crippen LogP) is 4.02. The van der Waals surface area contributed by atoms with Crippen LogP contribution < -0.4 is 30.7 Å². The lowest BCUT2D eigenvalue weighted by Gasteiger charge is -2.12. The number of carbonyl (C=O) groups is 2. The summed E-state index contributed by atoms with van der Waals surface area (Å²) < 4.78 is 40.7. The summed E-state index contributed by atoms with van der Waals surface area (Å²) in [5, 5.41) is 11.2. The highest BCUT2D eigenvalue weighted by Gasteiger charge is 2.43. The van der Waals surface area contributed by atoms with E-state index in [2.05, 4.69) is 40.7 Å². The number of amides is 3. The Kier molecular flexibility index (Phi) is 7.01. The number of nitrogens with zero attached hydrogens (tertiary/aromatic N) is 2. The summed E-state index contributed by atoms with van der Waals surface area (Å²) in [6.07, 6.45) is -0.229. The third-order valence-electron chi connectivity index (χ3n) is 5.47. The van der Waals surface area contributed by atoms with E-state index in [1.54, 1.807) is 18.3 Å². The molecule has 1 aromatic carbocycles. The van der Waals surface area contributed by atoms with E-state index in [4.69, 9.17) is 4.74 Å². The topological polar surface area (TPSA) is 136 Å². The highest BCUT2D eigenvalue weighted by atomic mass is 32.1. The molecule has 14 heteroatoms. The number of carbonyl (C=O) groups excluding carboxylic acids is 2. The number of aromatic nitrogens is 2. The zero-order valence-electron chi connectivity index (χ0n) is 19.3. The van der Waals surface area contributed by atoms with Gasteiger partial charge in [0.15, 0.2) is 11.5 Å². The van der Waals surface area contributed by atoms with Gasteiger partial charge in [0.1, 0.15) is 16.5 Å². The van der Waals surface area contributed by atoms with Crippen molar-refractivity contribution in [1.82, 2.24) is 15.3 Å². The first-order valence-electron chi connectivity index (χ1n) is 11.3. The number of hydrogen-bond acceptors (Lipinski definition) is 9. The van der Waals surface area contributed by atoms with Crippen LogP contribution in [0.15, 0.2) is 42.0 Å². The first-order chi connectivity index (χ1) is 17.8. The van der Waals surface area contributed by atoms with Crippen LogP contribution in [0.25, 0.3) is 0 Å². The van der Waals surface area contributed by atoms with E-state index in [1.165, 1.54) is 23.7 Å². The summed E-state index contributed by atoms with van der Waals surface area (Å²) in [6.45, 7) is 1.45. The predicted molar refractivity (Wildman–Crippen MR) is 130 cm³/mol. The summed E-state index contributed by atoms with van der Waals surface area (Å²) in [6, 6.07) is 7.06. The van der Waals surface area contributed by atoms with Gasteiger partial charge >= 0.3 is 12.3 Å². The highest BCUT2D eigenvalue weighted by Crippen LogP contribution is 2.42. The molecular weight excluding hydrogens is 510 g/mol. The number of urea groups is 1. The number of rotatable bonds is 8. The summed E-state index contributed by atoms with van der Waals surface area (Å²) in [5.74, 6) is -0.0532. The third kappa shape index (κ3) is 6.21. The summed E-state index contributed by atoms with van der Waals surface area (Å²) >= 11 is 1.12. The van der Waals surface area contributed by atoms with Gasteiger partial charge in [0.25, 0.3) is 5.91 Å². The molecule has 1 saturated heterocycles. The maximum absolute atomic E-state index is 13.2. The van der Waals surface area contributed by atoms with E-state index in [-0.39, 0.29) is 29.3 Å². The molecule has 11 nitrogen and oxygen atoms in total. The van der Waals surface area contributed by atoms with Crippen LogP contribution in [0.2, 0.25) is 0 Å². The van der Waals surface area contributed by atoms with Gasteiger partial charge in [0.05, 0.1) is 11.6 Å². The second kappa shape index (κ2) is 10.5. The van der Waals surface area contributed by atoms with Gasteiger partial charge < -0.3 is 30.2 Å². The van der Waals surface area contributed by atoms with Crippen molar-refractivity contribution in [3.8, 4) is 11.5 Å². The minimum absolute atomic E-state index is 0.0357. The fourth-order valence-electron chi connectivity index (χ4n) is 3.76. The summed E-state index contributed by atoms with van der Waals surface area (Å²) in [5.41, 5.74) is 2.56. The first kappa shape index (κ1) is 24.6. The number of alkyl halides is 2. The molecule has 2 aromatic heterocycles. The molecule has 0 spiro atoms. The number of ether oxygens (including phenoxy) is 3. The van der Waals surface area contributed by atoms with Crippen molar-refractivity contribution in [2.45, 2.75) is 31.8 Å². The molecule has 3 aromatic rings. The molecule has 2 aliphatic heterocycles. The molecule has 0 bridgehead atoms. The minimum Gasteiger partial charge on any atom is -0.395 e. The van der Waals surface area contributed by atoms with E-state index in [0.29, 0.717) is 36.2 Å². The van der Waals surface area contributed by atoms with Crippen LogP contribution in [0.1, 0.15) is 28.1 Å². The Bertz CT molecular complexity index is 1300. The van der Waals surface area contributed by atoms with E-state index < -0.39 is 12.2 Å². The van der Waals surface area contributed by atoms with Crippen molar-refractivity contribution in [1.29, 1.82) is 0 Å². The lowest BCUT2D eigenvalue weighted by molar-refractivity contribution is -0.286. The van der Waals surface area contributed by atoms with Crippen LogP contribution in [0.4, 0.5) is 30.9 Å². The van der Waals surface area contributed by atoms with Gasteiger partial charge in [0, 0.05) is 37.6 Å². The van der Waals surface area contributed by atoms with Crippen molar-refractivity contribution in [2.24, 2.45) is 0 Å². The average Bonchev–Trinajstić information content (AvgIpc) is 3.60. The van der Waals surface area contributed by atoms with Gasteiger partial charge in [-0.15, -0.1) is 20.1 Å². The second-order valence-electron chi connectivity index (χ2n) is 8.19. The Morgan fingerprint density at radius 2 is 1.97 bits per heavy atom. The van der Waals surface area contributed by atoms with Gasteiger partial charge in [-0.05, 0) is 42.7 Å². The van der Waals surface area contributed by atoms with E-state index in [1.807, 2.05) is 0 Å². The summed E-state index contributed by atoms with van der Waals surface area (Å²) in [7, 11) is 0. The molecule has 4 N–H and O–H groups in total. The Morgan fingerprint density at radius 3 is 2.81 bits per heavy atom. The first-order valence-corrected chi connectivity index (χ1v) is 12.2. The average molecular weight is 533 g/mol. The highest BCUT2D eigenvalue weighted by molar-refractivity contribution is 7.12. The van der Waals surface area contributed by atoms with Crippen LogP contribution in [0, 0.1) is 0 Å². The van der Waals surface area contributed by atoms with Crippen LogP contribution in [0.3, 0.4) is 0 Å². The van der Waals surface area contributed by atoms with Crippen LogP contribution in [-0.4, -0.2) is 47.5 Å². The van der Waals surface area contributed by atoms with Crippen molar-refractivity contribution >= 4 is 40.6 Å². The third-order valence-corrected chi connectivity index (χ3v) is 6.30. The SMILES string of the molecule is O=C(NCC1CCCO1)Nc1cc(CNc2ncsc2C(=O)Nc2ccc3c(c2)OC(F)(F)O3)ccn1. The molecule has 0 saturated carbocycles. The number of benzene rings is 1. The maximum atomic E-state index is 13.2. The molecule has 194 valence electrons. The lowest BCUT2D eigenvalue weighted by atomic mass is 10.2. The van der Waals surface area contributed by atoms with Gasteiger partial charge in [0.2, 0.25) is 0 Å². The number of anilines is 3. The Morgan fingerprint density at radius 1 is 1.11 bits per heavy atom. The maximum Gasteiger partial charge on any atom is 0.586 e. The smallest absolute Gasteiger partial charge is 0.395 e. The second-order valence-corrected chi connectivity index (χ2v) is 9.04. The van der Waals surface area contributed by atoms with Gasteiger partial charge in [-0.2, -0.15) is 0 Å². The minimum atomic E-state index is -3.74. The van der Waals surface area contributed by atoms with Crippen LogP contribution in [0.5, 0.6) is 11.5 Å². The monoisotopic (exact) mass is 532 g/mol. The van der Waals surface area contributed by atoms with Crippen molar-refractivity contribution in [2.75, 3.05) is 29.1 Å². The molecule has 1 unspecified atom stereocenters. The van der Waals surface area contributed by atoms with Crippen molar-refractivity contribution < 1.29 is 32.6 Å². The molecule has 5 rings (SSSR count). The molecule has 2 aliphatic rings. The number of thiazole rings is 1. The van der Waals surface area contributed by atoms with Gasteiger partial charge in [-0.25, -0.2) is 14.8 Å². The van der Waals surface area contributed by atoms with Crippen molar-refractivity contribution in [3.05, 3.63) is 52.5 Å².